The van der Waals surface area contributed by atoms with E-state index in [1.165, 1.54) is 6.92 Å². The maximum Gasteiger partial charge on any atom is 0.356 e. The van der Waals surface area contributed by atoms with Gasteiger partial charge in [0.05, 0.1) is 4.88 Å². The van der Waals surface area contributed by atoms with Crippen molar-refractivity contribution in [3.8, 4) is 10.4 Å². The Balaban J connectivity index is 0.00000338. The minimum Gasteiger partial charge on any atom is -0.476 e. The molecule has 3 amide bonds. The van der Waals surface area contributed by atoms with Crippen LogP contribution < -0.4 is 21.9 Å². The second kappa shape index (κ2) is 9.70. The van der Waals surface area contributed by atoms with E-state index in [4.69, 9.17) is 5.84 Å². The maximum atomic E-state index is 11.4. The van der Waals surface area contributed by atoms with Crippen LogP contribution in [0.3, 0.4) is 0 Å². The molecule has 1 aromatic heterocycles. The molecule has 0 fully saturated rings. The van der Waals surface area contributed by atoms with Gasteiger partial charge in [-0.15, -0.1) is 12.4 Å². The number of halogens is 1. The van der Waals surface area contributed by atoms with Gasteiger partial charge in [-0.3, -0.25) is 10.2 Å². The average molecular weight is 400 g/mol. The normalized spacial score (nSPS) is 9.77. The zero-order valence-electron chi connectivity index (χ0n) is 13.7. The summed E-state index contributed by atoms with van der Waals surface area (Å²) in [5, 5.41) is 14.6. The van der Waals surface area contributed by atoms with Gasteiger partial charge in [-0.2, -0.15) is 0 Å². The Morgan fingerprint density at radius 1 is 1.23 bits per heavy atom. The van der Waals surface area contributed by atoms with Crippen LogP contribution in [0.2, 0.25) is 0 Å². The maximum absolute atomic E-state index is 11.4. The van der Waals surface area contributed by atoms with E-state index in [2.05, 4.69) is 15.6 Å². The van der Waals surface area contributed by atoms with Crippen molar-refractivity contribution in [1.29, 1.82) is 0 Å². The van der Waals surface area contributed by atoms with Gasteiger partial charge in [0.2, 0.25) is 5.91 Å². The number of nitrogens with zero attached hydrogens (tertiary/aromatic N) is 1. The van der Waals surface area contributed by atoms with Crippen molar-refractivity contribution in [3.05, 3.63) is 35.5 Å². The molecule has 0 bridgehead atoms. The first-order chi connectivity index (χ1) is 11.9. The van der Waals surface area contributed by atoms with Gasteiger partial charge < -0.3 is 15.7 Å². The summed E-state index contributed by atoms with van der Waals surface area (Å²) in [5.41, 5.74) is 3.51. The van der Waals surface area contributed by atoms with Crippen molar-refractivity contribution in [2.45, 2.75) is 13.3 Å². The molecule has 2 rings (SSSR count). The molecule has 0 spiro atoms. The smallest absolute Gasteiger partial charge is 0.356 e. The number of hydrogen-bond acceptors (Lipinski definition) is 6. The lowest BCUT2D eigenvalue weighted by atomic mass is 10.1. The Labute approximate surface area is 159 Å². The number of carboxylic acid groups (broad SMARTS) is 1. The number of carbonyl (C=O) groups is 3. The standard InChI is InChI=1S/C15H17N5O4S.ClH/c1-8(21)18-15-19-11(13(22)23)12(25-15)10-4-2-9(3-5-10)6-7-17-14(24)20-16;/h2-5H,6-7,16H2,1H3,(H,22,23)(H2,17,20,24)(H,18,19,21);1H. The zero-order chi connectivity index (χ0) is 18.4. The molecule has 0 saturated heterocycles. The van der Waals surface area contributed by atoms with Gasteiger partial charge in [0.15, 0.2) is 10.8 Å². The molecule has 0 unspecified atom stereocenters. The van der Waals surface area contributed by atoms with Crippen LogP contribution in [0.25, 0.3) is 10.4 Å². The fourth-order valence-electron chi connectivity index (χ4n) is 2.06. The number of nitrogens with one attached hydrogen (secondary N) is 3. The minimum atomic E-state index is -1.16. The van der Waals surface area contributed by atoms with E-state index in [0.717, 1.165) is 16.9 Å². The van der Waals surface area contributed by atoms with Crippen LogP contribution >= 0.6 is 23.7 Å². The quantitative estimate of drug-likeness (QED) is 0.283. The number of benzene rings is 1. The van der Waals surface area contributed by atoms with Gasteiger partial charge in [-0.1, -0.05) is 35.6 Å². The van der Waals surface area contributed by atoms with Gasteiger partial charge in [0.1, 0.15) is 0 Å². The van der Waals surface area contributed by atoms with Gasteiger partial charge in [0, 0.05) is 13.5 Å². The molecule has 26 heavy (non-hydrogen) atoms. The molecule has 0 saturated carbocycles. The highest BCUT2D eigenvalue weighted by Gasteiger charge is 2.19. The summed E-state index contributed by atoms with van der Waals surface area (Å²) < 4.78 is 0. The Bertz CT molecular complexity index is 794. The van der Waals surface area contributed by atoms with Crippen molar-refractivity contribution in [2.24, 2.45) is 5.84 Å². The molecule has 1 heterocycles. The van der Waals surface area contributed by atoms with Crippen LogP contribution in [-0.4, -0.2) is 34.5 Å². The highest BCUT2D eigenvalue weighted by atomic mass is 35.5. The summed E-state index contributed by atoms with van der Waals surface area (Å²) in [5.74, 6) is 3.48. The number of hydrogen-bond donors (Lipinski definition) is 5. The van der Waals surface area contributed by atoms with Crippen LogP contribution in [0.1, 0.15) is 23.0 Å². The number of thiazole rings is 1. The molecule has 2 aromatic rings. The molecule has 0 aliphatic carbocycles. The summed E-state index contributed by atoms with van der Waals surface area (Å²) >= 11 is 1.10. The summed E-state index contributed by atoms with van der Waals surface area (Å²) in [4.78, 5) is 37.9. The third kappa shape index (κ3) is 5.69. The highest BCUT2D eigenvalue weighted by Crippen LogP contribution is 2.33. The molecule has 140 valence electrons. The number of nitrogens with two attached hydrogens (primary N) is 1. The molecule has 11 heteroatoms. The Morgan fingerprint density at radius 2 is 1.88 bits per heavy atom. The van der Waals surface area contributed by atoms with E-state index in [1.54, 1.807) is 12.1 Å². The molecule has 0 radical (unpaired) electrons. The number of amides is 3. The predicted molar refractivity (Wildman–Crippen MR) is 100 cm³/mol. The third-order valence-electron chi connectivity index (χ3n) is 3.16. The number of carboxylic acids is 1. The van der Waals surface area contributed by atoms with Gasteiger partial charge in [-0.05, 0) is 17.5 Å². The summed E-state index contributed by atoms with van der Waals surface area (Å²) in [7, 11) is 0. The molecular weight excluding hydrogens is 382 g/mol. The topological polar surface area (TPSA) is 146 Å². The summed E-state index contributed by atoms with van der Waals surface area (Å²) in [6.45, 7) is 1.74. The number of anilines is 1. The molecule has 9 nitrogen and oxygen atoms in total. The van der Waals surface area contributed by atoms with Crippen molar-refractivity contribution < 1.29 is 19.5 Å². The van der Waals surface area contributed by atoms with Crippen molar-refractivity contribution >= 4 is 46.8 Å². The first kappa shape index (κ1) is 21.4. The monoisotopic (exact) mass is 399 g/mol. The van der Waals surface area contributed by atoms with Crippen LogP contribution in [-0.2, 0) is 11.2 Å². The second-order valence-corrected chi connectivity index (χ2v) is 6.03. The number of urea groups is 1. The number of hydrazine groups is 1. The van der Waals surface area contributed by atoms with Crippen molar-refractivity contribution in [1.82, 2.24) is 15.7 Å². The number of aromatic nitrogens is 1. The average Bonchev–Trinajstić information content (AvgIpc) is 2.98. The fourth-order valence-corrected chi connectivity index (χ4v) is 3.07. The molecule has 0 atom stereocenters. The molecule has 0 aliphatic heterocycles. The first-order valence-corrected chi connectivity index (χ1v) is 8.08. The predicted octanol–water partition coefficient (Wildman–Crippen LogP) is 1.60. The summed E-state index contributed by atoms with van der Waals surface area (Å²) in [6.07, 6.45) is 0.597. The Hall–Kier alpha value is -2.69. The molecule has 6 N–H and O–H groups in total. The van der Waals surface area contributed by atoms with Gasteiger partial charge in [-0.25, -0.2) is 20.4 Å². The minimum absolute atomic E-state index is 0. The third-order valence-corrected chi connectivity index (χ3v) is 4.18. The molecule has 0 aliphatic rings. The number of rotatable bonds is 6. The first-order valence-electron chi connectivity index (χ1n) is 7.26. The summed E-state index contributed by atoms with van der Waals surface area (Å²) in [6, 6.07) is 6.76. The molecule has 1 aromatic carbocycles. The zero-order valence-corrected chi connectivity index (χ0v) is 15.4. The Morgan fingerprint density at radius 3 is 2.42 bits per heavy atom. The number of carbonyl (C=O) groups excluding carboxylic acids is 2. The van der Waals surface area contributed by atoms with Crippen LogP contribution in [0, 0.1) is 0 Å². The highest BCUT2D eigenvalue weighted by molar-refractivity contribution is 7.19. The van der Waals surface area contributed by atoms with Crippen LogP contribution in [0.4, 0.5) is 9.93 Å². The fraction of sp³-hybridized carbons (Fsp3) is 0.200. The van der Waals surface area contributed by atoms with Crippen molar-refractivity contribution in [2.75, 3.05) is 11.9 Å². The second-order valence-electron chi connectivity index (χ2n) is 5.03. The van der Waals surface area contributed by atoms with Crippen LogP contribution in [0.5, 0.6) is 0 Å². The lowest BCUT2D eigenvalue weighted by molar-refractivity contribution is -0.114. The Kier molecular flexibility index (Phi) is 7.97. The van der Waals surface area contributed by atoms with Gasteiger partial charge in [0.25, 0.3) is 0 Å². The lowest BCUT2D eigenvalue weighted by Crippen LogP contribution is -2.40. The number of aromatic carboxylic acids is 1. The van der Waals surface area contributed by atoms with E-state index in [1.807, 2.05) is 17.6 Å². The van der Waals surface area contributed by atoms with E-state index in [-0.39, 0.29) is 29.1 Å². The lowest BCUT2D eigenvalue weighted by Gasteiger charge is -2.05. The van der Waals surface area contributed by atoms with E-state index >= 15 is 0 Å². The van der Waals surface area contributed by atoms with Gasteiger partial charge >= 0.3 is 12.0 Å². The largest absolute Gasteiger partial charge is 0.476 e. The van der Waals surface area contributed by atoms with Crippen molar-refractivity contribution in [3.63, 3.8) is 0 Å². The van der Waals surface area contributed by atoms with E-state index in [9.17, 15) is 19.5 Å². The van der Waals surface area contributed by atoms with E-state index in [0.29, 0.717) is 23.4 Å². The van der Waals surface area contributed by atoms with E-state index < -0.39 is 12.0 Å². The SMILES string of the molecule is CC(=O)Nc1nc(C(=O)O)c(-c2ccc(CCNC(=O)NN)cc2)s1.Cl. The van der Waals surface area contributed by atoms with Crippen LogP contribution in [0.15, 0.2) is 24.3 Å². The molecular formula is C15H18ClN5O4S.